The van der Waals surface area contributed by atoms with Crippen LogP contribution in [-0.2, 0) is 19.4 Å². The number of hydrogen-bond donors (Lipinski definition) is 1. The number of ketones is 1. The van der Waals surface area contributed by atoms with E-state index in [9.17, 15) is 18.0 Å². The zero-order valence-corrected chi connectivity index (χ0v) is 12.5. The van der Waals surface area contributed by atoms with Crippen molar-refractivity contribution in [2.24, 2.45) is 5.92 Å². The van der Waals surface area contributed by atoms with Gasteiger partial charge in [-0.15, -0.1) is 0 Å². The first-order chi connectivity index (χ1) is 8.80. The van der Waals surface area contributed by atoms with Crippen molar-refractivity contribution in [1.29, 1.82) is 0 Å². The molecule has 0 unspecified atom stereocenters. The maximum Gasteiger partial charge on any atom is 0.235 e. The van der Waals surface area contributed by atoms with Gasteiger partial charge in [-0.2, -0.15) is 0 Å². The molecule has 0 saturated heterocycles. The molecule has 6 heteroatoms. The molecule has 5 nitrogen and oxygen atoms in total. The summed E-state index contributed by atoms with van der Waals surface area (Å²) in [6.07, 6.45) is 4.67. The van der Waals surface area contributed by atoms with Crippen molar-refractivity contribution in [3.63, 3.8) is 0 Å². The second-order valence-corrected chi connectivity index (χ2v) is 7.62. The molecule has 0 aromatic rings. The number of rotatable bonds is 6. The maximum atomic E-state index is 11.9. The molecular formula is C13H23NO4S. The molecule has 1 aliphatic carbocycles. The molecule has 1 rings (SSSR count). The summed E-state index contributed by atoms with van der Waals surface area (Å²) in [4.78, 5) is 23.3. The molecule has 0 radical (unpaired) electrons. The summed E-state index contributed by atoms with van der Waals surface area (Å²) in [5.74, 6) is -1.98. The third-order valence-electron chi connectivity index (χ3n) is 3.22. The Kier molecular flexibility index (Phi) is 5.97. The average molecular weight is 289 g/mol. The third-order valence-corrected chi connectivity index (χ3v) is 4.65. The van der Waals surface area contributed by atoms with Crippen LogP contribution in [0.15, 0.2) is 0 Å². The van der Waals surface area contributed by atoms with Crippen LogP contribution < -0.4 is 5.32 Å². The normalized spacial score (nSPS) is 17.4. The van der Waals surface area contributed by atoms with Gasteiger partial charge in [-0.05, 0) is 26.7 Å². The summed E-state index contributed by atoms with van der Waals surface area (Å²) >= 11 is 0. The molecule has 1 N–H and O–H groups in total. The second kappa shape index (κ2) is 7.03. The third kappa shape index (κ3) is 6.18. The molecule has 0 aromatic heterocycles. The van der Waals surface area contributed by atoms with Crippen molar-refractivity contribution in [2.45, 2.75) is 52.0 Å². The van der Waals surface area contributed by atoms with Gasteiger partial charge in [-0.1, -0.05) is 19.3 Å². The maximum absolute atomic E-state index is 11.9. The lowest BCUT2D eigenvalue weighted by atomic mass is 9.87. The minimum absolute atomic E-state index is 0.100. The van der Waals surface area contributed by atoms with Crippen molar-refractivity contribution >= 4 is 21.5 Å². The predicted octanol–water partition coefficient (Wildman–Crippen LogP) is 1.08. The summed E-state index contributed by atoms with van der Waals surface area (Å²) in [7, 11) is -3.64. The summed E-state index contributed by atoms with van der Waals surface area (Å²) < 4.78 is 23.6. The Hall–Kier alpha value is -0.910. The molecule has 0 aromatic carbocycles. The Morgan fingerprint density at radius 3 is 2.21 bits per heavy atom. The van der Waals surface area contributed by atoms with Crippen LogP contribution in [-0.4, -0.2) is 37.7 Å². The molecule has 0 atom stereocenters. The van der Waals surface area contributed by atoms with E-state index in [4.69, 9.17) is 0 Å². The topological polar surface area (TPSA) is 80.3 Å². The first-order valence-electron chi connectivity index (χ1n) is 6.82. The van der Waals surface area contributed by atoms with Crippen molar-refractivity contribution in [3.8, 4) is 0 Å². The summed E-state index contributed by atoms with van der Waals surface area (Å²) in [5.41, 5.74) is 0. The van der Waals surface area contributed by atoms with E-state index in [2.05, 4.69) is 5.32 Å². The van der Waals surface area contributed by atoms with Gasteiger partial charge in [0.1, 0.15) is 11.5 Å². The van der Waals surface area contributed by atoms with Crippen LogP contribution in [0.4, 0.5) is 0 Å². The highest BCUT2D eigenvalue weighted by molar-refractivity contribution is 7.92. The Balaban J connectivity index is 2.49. The quantitative estimate of drug-likeness (QED) is 0.793. The van der Waals surface area contributed by atoms with E-state index in [0.29, 0.717) is 0 Å². The molecular weight excluding hydrogens is 266 g/mol. The van der Waals surface area contributed by atoms with Gasteiger partial charge in [0.25, 0.3) is 0 Å². The lowest BCUT2D eigenvalue weighted by Crippen LogP contribution is -2.37. The number of sulfone groups is 1. The fraction of sp³-hybridized carbons (Fsp3) is 0.846. The summed E-state index contributed by atoms with van der Waals surface area (Å²) in [6.45, 7) is 3.52. The first kappa shape index (κ1) is 16.1. The Labute approximate surface area is 115 Å². The molecule has 1 aliphatic rings. The van der Waals surface area contributed by atoms with E-state index in [1.807, 2.05) is 0 Å². The average Bonchev–Trinajstić information content (AvgIpc) is 2.27. The largest absolute Gasteiger partial charge is 0.353 e. The second-order valence-electron chi connectivity index (χ2n) is 5.56. The summed E-state index contributed by atoms with van der Waals surface area (Å²) in [6, 6.07) is -0.100. The van der Waals surface area contributed by atoms with E-state index < -0.39 is 27.3 Å². The number of Topliss-reactive ketones (excluding diaryl/α,β-unsaturated/α-hetero) is 1. The standard InChI is InChI=1S/C13H23NO4S/c1-10(2)14-13(16)9-19(17,18)8-12(15)11-6-4-3-5-7-11/h10-11H,3-9H2,1-2H3,(H,14,16). The van der Waals surface area contributed by atoms with Crippen molar-refractivity contribution < 1.29 is 18.0 Å². The van der Waals surface area contributed by atoms with Crippen molar-refractivity contribution in [3.05, 3.63) is 0 Å². The first-order valence-corrected chi connectivity index (χ1v) is 8.65. The van der Waals surface area contributed by atoms with Crippen molar-refractivity contribution in [1.82, 2.24) is 5.32 Å². The highest BCUT2D eigenvalue weighted by atomic mass is 32.2. The van der Waals surface area contributed by atoms with Crippen LogP contribution in [0.25, 0.3) is 0 Å². The highest BCUT2D eigenvalue weighted by Crippen LogP contribution is 2.24. The zero-order valence-electron chi connectivity index (χ0n) is 11.6. The zero-order chi connectivity index (χ0) is 14.5. The van der Waals surface area contributed by atoms with Gasteiger partial charge < -0.3 is 5.32 Å². The molecule has 0 heterocycles. The SMILES string of the molecule is CC(C)NC(=O)CS(=O)(=O)CC(=O)C1CCCCC1. The van der Waals surface area contributed by atoms with E-state index in [-0.39, 0.29) is 17.7 Å². The predicted molar refractivity (Wildman–Crippen MR) is 73.5 cm³/mol. The fourth-order valence-electron chi connectivity index (χ4n) is 2.37. The van der Waals surface area contributed by atoms with Crippen LogP contribution in [0.3, 0.4) is 0 Å². The Morgan fingerprint density at radius 1 is 1.11 bits per heavy atom. The van der Waals surface area contributed by atoms with Crippen LogP contribution in [0.2, 0.25) is 0 Å². The Morgan fingerprint density at radius 2 is 1.68 bits per heavy atom. The fourth-order valence-corrected chi connectivity index (χ4v) is 3.63. The van der Waals surface area contributed by atoms with E-state index in [1.54, 1.807) is 13.8 Å². The lowest BCUT2D eigenvalue weighted by Gasteiger charge is -2.20. The molecule has 0 aliphatic heterocycles. The van der Waals surface area contributed by atoms with Crippen LogP contribution in [0.1, 0.15) is 46.0 Å². The van der Waals surface area contributed by atoms with Gasteiger partial charge in [0.05, 0.1) is 0 Å². The minimum atomic E-state index is -3.64. The smallest absolute Gasteiger partial charge is 0.235 e. The lowest BCUT2D eigenvalue weighted by molar-refractivity contribution is -0.121. The van der Waals surface area contributed by atoms with Gasteiger partial charge in [0.15, 0.2) is 15.6 Å². The van der Waals surface area contributed by atoms with Gasteiger partial charge >= 0.3 is 0 Å². The minimum Gasteiger partial charge on any atom is -0.353 e. The summed E-state index contributed by atoms with van der Waals surface area (Å²) in [5, 5.41) is 2.52. The molecule has 110 valence electrons. The van der Waals surface area contributed by atoms with Crippen LogP contribution in [0.5, 0.6) is 0 Å². The van der Waals surface area contributed by atoms with Gasteiger partial charge in [-0.25, -0.2) is 8.42 Å². The van der Waals surface area contributed by atoms with E-state index in [1.165, 1.54) is 0 Å². The number of hydrogen-bond acceptors (Lipinski definition) is 4. The van der Waals surface area contributed by atoms with Gasteiger partial charge in [-0.3, -0.25) is 9.59 Å². The molecule has 0 bridgehead atoms. The van der Waals surface area contributed by atoms with E-state index in [0.717, 1.165) is 32.1 Å². The number of carbonyl (C=O) groups excluding carboxylic acids is 2. The van der Waals surface area contributed by atoms with Gasteiger partial charge in [0, 0.05) is 12.0 Å². The molecule has 1 fully saturated rings. The monoisotopic (exact) mass is 289 g/mol. The molecule has 1 saturated carbocycles. The van der Waals surface area contributed by atoms with Crippen molar-refractivity contribution in [2.75, 3.05) is 11.5 Å². The van der Waals surface area contributed by atoms with Gasteiger partial charge in [0.2, 0.25) is 5.91 Å². The molecule has 1 amide bonds. The number of carbonyl (C=O) groups is 2. The molecule has 19 heavy (non-hydrogen) atoms. The highest BCUT2D eigenvalue weighted by Gasteiger charge is 2.27. The molecule has 0 spiro atoms. The van der Waals surface area contributed by atoms with Crippen LogP contribution in [0, 0.1) is 5.92 Å². The number of amides is 1. The number of nitrogens with one attached hydrogen (secondary N) is 1. The van der Waals surface area contributed by atoms with E-state index >= 15 is 0 Å². The van der Waals surface area contributed by atoms with Crippen LogP contribution >= 0.6 is 0 Å². The Bertz CT molecular complexity index is 422.